The lowest BCUT2D eigenvalue weighted by Crippen LogP contribution is -2.40. The van der Waals surface area contributed by atoms with Crippen LogP contribution in [0.3, 0.4) is 0 Å². The van der Waals surface area contributed by atoms with Gasteiger partial charge in [0.05, 0.1) is 19.2 Å². The van der Waals surface area contributed by atoms with E-state index in [4.69, 9.17) is 4.74 Å². The van der Waals surface area contributed by atoms with Gasteiger partial charge in [0.15, 0.2) is 0 Å². The van der Waals surface area contributed by atoms with Crippen molar-refractivity contribution in [3.8, 4) is 5.75 Å². The van der Waals surface area contributed by atoms with Crippen molar-refractivity contribution in [1.82, 2.24) is 14.6 Å². The van der Waals surface area contributed by atoms with Gasteiger partial charge in [0, 0.05) is 18.8 Å². The zero-order valence-corrected chi connectivity index (χ0v) is 14.5. The number of amides is 1. The summed E-state index contributed by atoms with van der Waals surface area (Å²) in [6.07, 6.45) is 5.17. The van der Waals surface area contributed by atoms with Gasteiger partial charge < -0.3 is 10.1 Å². The van der Waals surface area contributed by atoms with E-state index in [2.05, 4.69) is 26.7 Å². The Labute approximate surface area is 145 Å². The molecule has 126 valence electrons. The molecule has 0 spiro atoms. The second kappa shape index (κ2) is 6.53. The first-order chi connectivity index (χ1) is 11.8. The van der Waals surface area contributed by atoms with Crippen LogP contribution in [0.4, 0.5) is 0 Å². The van der Waals surface area contributed by atoms with Crippen LogP contribution in [0.15, 0.2) is 36.5 Å². The van der Waals surface area contributed by atoms with Gasteiger partial charge in [-0.1, -0.05) is 12.1 Å². The third kappa shape index (κ3) is 3.03. The molecule has 1 saturated carbocycles. The lowest BCUT2D eigenvalue weighted by atomic mass is 9.99. The molecular weight excluding hydrogens is 322 g/mol. The van der Waals surface area contributed by atoms with E-state index < -0.39 is 0 Å². The van der Waals surface area contributed by atoms with Crippen molar-refractivity contribution in [3.05, 3.63) is 47.0 Å². The van der Waals surface area contributed by atoms with Crippen LogP contribution in [0.1, 0.15) is 40.5 Å². The largest absolute Gasteiger partial charge is 0.497 e. The van der Waals surface area contributed by atoms with Gasteiger partial charge >= 0.3 is 0 Å². The molecule has 1 saturated heterocycles. The summed E-state index contributed by atoms with van der Waals surface area (Å²) in [6.45, 7) is 1.03. The zero-order valence-electron chi connectivity index (χ0n) is 13.6. The normalized spacial score (nSPS) is 24.0. The fourth-order valence-electron chi connectivity index (χ4n) is 3.60. The second-order valence-electron chi connectivity index (χ2n) is 6.44. The van der Waals surface area contributed by atoms with Crippen molar-refractivity contribution in [2.45, 2.75) is 37.4 Å². The Morgan fingerprint density at radius 1 is 1.33 bits per heavy atom. The van der Waals surface area contributed by atoms with E-state index in [0.29, 0.717) is 10.9 Å². The Bertz CT molecular complexity index is 715. The highest BCUT2D eigenvalue weighted by atomic mass is 32.1. The highest BCUT2D eigenvalue weighted by Gasteiger charge is 2.43. The first kappa shape index (κ1) is 15.6. The van der Waals surface area contributed by atoms with Crippen LogP contribution >= 0.6 is 11.5 Å². The SMILES string of the molecule is COc1cccc([C@@H]2[C@@H](NC(=O)c3ccns3)CCN2C2CC2)c1. The molecule has 1 aromatic heterocycles. The van der Waals surface area contributed by atoms with Crippen LogP contribution in [0.2, 0.25) is 0 Å². The molecular formula is C18H21N3O2S. The molecule has 2 fully saturated rings. The van der Waals surface area contributed by atoms with Crippen LogP contribution in [0.5, 0.6) is 5.75 Å². The van der Waals surface area contributed by atoms with Gasteiger partial charge in [-0.2, -0.15) is 0 Å². The number of nitrogens with one attached hydrogen (secondary N) is 1. The number of ether oxygens (including phenoxy) is 1. The minimum absolute atomic E-state index is 0.0203. The molecule has 24 heavy (non-hydrogen) atoms. The summed E-state index contributed by atoms with van der Waals surface area (Å²) in [5.74, 6) is 0.843. The number of methoxy groups -OCH3 is 1. The quantitative estimate of drug-likeness (QED) is 0.907. The maximum atomic E-state index is 12.5. The number of aromatic nitrogens is 1. The van der Waals surface area contributed by atoms with Gasteiger partial charge in [0.1, 0.15) is 10.6 Å². The molecule has 2 heterocycles. The molecule has 5 nitrogen and oxygen atoms in total. The van der Waals surface area contributed by atoms with Crippen molar-refractivity contribution in [1.29, 1.82) is 0 Å². The summed E-state index contributed by atoms with van der Waals surface area (Å²) < 4.78 is 9.41. The van der Waals surface area contributed by atoms with Crippen LogP contribution in [0, 0.1) is 0 Å². The van der Waals surface area contributed by atoms with Crippen LogP contribution in [-0.4, -0.2) is 40.9 Å². The van der Waals surface area contributed by atoms with E-state index in [-0.39, 0.29) is 18.0 Å². The maximum absolute atomic E-state index is 12.5. The molecule has 2 aromatic rings. The van der Waals surface area contributed by atoms with Gasteiger partial charge in [0.2, 0.25) is 0 Å². The average Bonchev–Trinajstić information content (AvgIpc) is 3.14. The number of hydrogen-bond donors (Lipinski definition) is 1. The Morgan fingerprint density at radius 2 is 2.21 bits per heavy atom. The van der Waals surface area contributed by atoms with E-state index in [9.17, 15) is 4.79 Å². The summed E-state index contributed by atoms with van der Waals surface area (Å²) in [6, 6.07) is 11.0. The average molecular weight is 343 g/mol. The number of benzene rings is 1. The number of likely N-dealkylation sites (tertiary alicyclic amines) is 1. The molecule has 1 aromatic carbocycles. The predicted molar refractivity (Wildman–Crippen MR) is 93.4 cm³/mol. The van der Waals surface area contributed by atoms with Gasteiger partial charge in [-0.25, -0.2) is 4.37 Å². The van der Waals surface area contributed by atoms with E-state index in [1.165, 1.54) is 29.9 Å². The molecule has 2 atom stereocenters. The molecule has 0 unspecified atom stereocenters. The van der Waals surface area contributed by atoms with Crippen molar-refractivity contribution in [3.63, 3.8) is 0 Å². The molecule has 2 aliphatic rings. The summed E-state index contributed by atoms with van der Waals surface area (Å²) >= 11 is 1.24. The van der Waals surface area contributed by atoms with Crippen molar-refractivity contribution >= 4 is 17.4 Å². The van der Waals surface area contributed by atoms with Gasteiger partial charge in [0.25, 0.3) is 5.91 Å². The number of carbonyl (C=O) groups is 1. The zero-order chi connectivity index (χ0) is 16.5. The van der Waals surface area contributed by atoms with E-state index in [1.54, 1.807) is 19.4 Å². The minimum atomic E-state index is -0.0203. The van der Waals surface area contributed by atoms with E-state index >= 15 is 0 Å². The third-order valence-electron chi connectivity index (χ3n) is 4.87. The summed E-state index contributed by atoms with van der Waals surface area (Å²) in [7, 11) is 1.69. The number of rotatable bonds is 5. The van der Waals surface area contributed by atoms with Crippen molar-refractivity contribution in [2.24, 2.45) is 0 Å². The molecule has 1 aliphatic heterocycles. The minimum Gasteiger partial charge on any atom is -0.497 e. The molecule has 1 amide bonds. The monoisotopic (exact) mass is 343 g/mol. The smallest absolute Gasteiger partial charge is 0.263 e. The lowest BCUT2D eigenvalue weighted by Gasteiger charge is -2.29. The Kier molecular flexibility index (Phi) is 4.24. The van der Waals surface area contributed by atoms with Crippen LogP contribution in [0.25, 0.3) is 0 Å². The topological polar surface area (TPSA) is 54.5 Å². The van der Waals surface area contributed by atoms with Gasteiger partial charge in [-0.3, -0.25) is 9.69 Å². The van der Waals surface area contributed by atoms with Crippen LogP contribution in [-0.2, 0) is 0 Å². The first-order valence-electron chi connectivity index (χ1n) is 8.37. The Morgan fingerprint density at radius 3 is 2.92 bits per heavy atom. The molecule has 4 rings (SSSR count). The van der Waals surface area contributed by atoms with Crippen LogP contribution < -0.4 is 10.1 Å². The number of carbonyl (C=O) groups excluding carboxylic acids is 1. The second-order valence-corrected chi connectivity index (χ2v) is 7.27. The standard InChI is InChI=1S/C18H21N3O2S/c1-23-14-4-2-3-12(11-14)17-15(8-10-21(17)13-5-6-13)20-18(22)16-7-9-19-24-16/h2-4,7,9,11,13,15,17H,5-6,8,10H2,1H3,(H,20,22)/t15-,17+/m0/s1. The predicted octanol–water partition coefficient (Wildman–Crippen LogP) is 2.86. The highest BCUT2D eigenvalue weighted by molar-refractivity contribution is 7.08. The molecule has 1 aliphatic carbocycles. The first-order valence-corrected chi connectivity index (χ1v) is 9.15. The fourth-order valence-corrected chi connectivity index (χ4v) is 4.10. The number of hydrogen-bond acceptors (Lipinski definition) is 5. The summed E-state index contributed by atoms with van der Waals surface area (Å²) in [5, 5.41) is 3.23. The molecule has 6 heteroatoms. The fraction of sp³-hybridized carbons (Fsp3) is 0.444. The van der Waals surface area contributed by atoms with E-state index in [1.807, 2.05) is 12.1 Å². The van der Waals surface area contributed by atoms with Crippen molar-refractivity contribution < 1.29 is 9.53 Å². The Balaban J connectivity index is 1.59. The summed E-state index contributed by atoms with van der Waals surface area (Å²) in [4.78, 5) is 15.7. The maximum Gasteiger partial charge on any atom is 0.263 e. The molecule has 1 N–H and O–H groups in total. The lowest BCUT2D eigenvalue weighted by molar-refractivity contribution is 0.0928. The molecule has 0 radical (unpaired) electrons. The van der Waals surface area contributed by atoms with Gasteiger partial charge in [-0.15, -0.1) is 0 Å². The van der Waals surface area contributed by atoms with Gasteiger partial charge in [-0.05, 0) is 54.6 Å². The number of nitrogens with zero attached hydrogens (tertiary/aromatic N) is 2. The highest BCUT2D eigenvalue weighted by Crippen LogP contribution is 2.41. The van der Waals surface area contributed by atoms with E-state index in [0.717, 1.165) is 18.7 Å². The third-order valence-corrected chi connectivity index (χ3v) is 5.61. The summed E-state index contributed by atoms with van der Waals surface area (Å²) in [5.41, 5.74) is 1.22. The van der Waals surface area contributed by atoms with Crippen molar-refractivity contribution in [2.75, 3.05) is 13.7 Å². The Hall–Kier alpha value is -1.92. The molecule has 0 bridgehead atoms.